The highest BCUT2D eigenvalue weighted by Gasteiger charge is 2.28. The Morgan fingerprint density at radius 1 is 1.12 bits per heavy atom. The number of hydrogen-bond donors (Lipinski definition) is 1. The molecule has 0 atom stereocenters. The van der Waals surface area contributed by atoms with Crippen LogP contribution in [0.15, 0.2) is 29.2 Å². The van der Waals surface area contributed by atoms with Gasteiger partial charge in [0.15, 0.2) is 0 Å². The van der Waals surface area contributed by atoms with Gasteiger partial charge in [-0.05, 0) is 37.5 Å². The van der Waals surface area contributed by atoms with Gasteiger partial charge in [0.25, 0.3) is 0 Å². The predicted octanol–water partition coefficient (Wildman–Crippen LogP) is 1.87. The zero-order valence-electron chi connectivity index (χ0n) is 14.2. The number of rotatable bonds is 7. The van der Waals surface area contributed by atoms with Gasteiger partial charge in [0, 0.05) is 19.1 Å². The third kappa shape index (κ3) is 5.27. The second-order valence-corrected chi connectivity index (χ2v) is 10.1. The fourth-order valence-corrected chi connectivity index (χ4v) is 5.45. The van der Waals surface area contributed by atoms with Crippen molar-refractivity contribution >= 4 is 20.0 Å². The van der Waals surface area contributed by atoms with Crippen LogP contribution in [0.25, 0.3) is 0 Å². The van der Waals surface area contributed by atoms with Crippen molar-refractivity contribution in [1.82, 2.24) is 9.03 Å². The van der Waals surface area contributed by atoms with Crippen LogP contribution in [-0.4, -0.2) is 46.5 Å². The Morgan fingerprint density at radius 2 is 1.79 bits per heavy atom. The van der Waals surface area contributed by atoms with Gasteiger partial charge in [0.2, 0.25) is 20.0 Å². The quantitative estimate of drug-likeness (QED) is 0.790. The summed E-state index contributed by atoms with van der Waals surface area (Å²) in [6.45, 7) is 2.06. The Bertz CT molecular complexity index is 754. The molecule has 0 unspecified atom stereocenters. The van der Waals surface area contributed by atoms with E-state index >= 15 is 0 Å². The van der Waals surface area contributed by atoms with E-state index in [1.54, 1.807) is 12.1 Å². The lowest BCUT2D eigenvalue weighted by Gasteiger charge is -2.32. The molecule has 0 heterocycles. The van der Waals surface area contributed by atoms with Crippen LogP contribution < -0.4 is 4.72 Å². The third-order valence-electron chi connectivity index (χ3n) is 4.33. The largest absolute Gasteiger partial charge is 0.240 e. The van der Waals surface area contributed by atoms with Crippen LogP contribution in [0.1, 0.15) is 37.7 Å². The number of hydrogen-bond acceptors (Lipinski definition) is 4. The number of aryl methyl sites for hydroxylation is 1. The first-order valence-corrected chi connectivity index (χ1v) is 11.6. The van der Waals surface area contributed by atoms with E-state index in [2.05, 4.69) is 4.72 Å². The van der Waals surface area contributed by atoms with Crippen molar-refractivity contribution in [2.24, 2.45) is 0 Å². The van der Waals surface area contributed by atoms with Gasteiger partial charge in [0.05, 0.1) is 11.2 Å². The molecule has 136 valence electrons. The van der Waals surface area contributed by atoms with Crippen molar-refractivity contribution in [3.8, 4) is 0 Å². The average Bonchev–Trinajstić information content (AvgIpc) is 2.51. The molecule has 0 aromatic heterocycles. The molecular formula is C16H26N2O4S2. The first-order chi connectivity index (χ1) is 11.2. The van der Waals surface area contributed by atoms with E-state index < -0.39 is 20.0 Å². The number of nitrogens with zero attached hydrogens (tertiary/aromatic N) is 1. The average molecular weight is 375 g/mol. The number of sulfonamides is 2. The fraction of sp³-hybridized carbons (Fsp3) is 0.625. The SMILES string of the molecule is Cc1cccc(S(=O)(=O)NCCN(C2CCCCC2)S(C)(=O)=O)c1. The molecule has 1 aromatic carbocycles. The van der Waals surface area contributed by atoms with Crippen molar-refractivity contribution in [3.63, 3.8) is 0 Å². The standard InChI is InChI=1S/C16H26N2O4S2/c1-14-7-6-10-16(13-14)24(21,22)17-11-12-18(23(2,19)20)15-8-4-3-5-9-15/h6-7,10,13,15,17H,3-5,8-9,11-12H2,1-2H3. The lowest BCUT2D eigenvalue weighted by Crippen LogP contribution is -2.44. The van der Waals surface area contributed by atoms with Gasteiger partial charge in [-0.1, -0.05) is 31.4 Å². The molecule has 1 aliphatic carbocycles. The van der Waals surface area contributed by atoms with E-state index in [4.69, 9.17) is 0 Å². The van der Waals surface area contributed by atoms with E-state index in [1.165, 1.54) is 16.6 Å². The maximum Gasteiger partial charge on any atom is 0.240 e. The topological polar surface area (TPSA) is 83.6 Å². The zero-order valence-corrected chi connectivity index (χ0v) is 15.9. The van der Waals surface area contributed by atoms with Gasteiger partial charge in [-0.3, -0.25) is 0 Å². The summed E-state index contributed by atoms with van der Waals surface area (Å²) in [7, 11) is -6.98. The highest BCUT2D eigenvalue weighted by atomic mass is 32.2. The summed E-state index contributed by atoms with van der Waals surface area (Å²) in [6, 6.07) is 6.63. The third-order valence-corrected chi connectivity index (χ3v) is 7.12. The molecule has 1 N–H and O–H groups in total. The first kappa shape index (κ1) is 19.4. The maximum atomic E-state index is 12.3. The minimum atomic E-state index is -3.63. The van der Waals surface area contributed by atoms with Crippen molar-refractivity contribution < 1.29 is 16.8 Å². The second-order valence-electron chi connectivity index (χ2n) is 6.38. The molecule has 1 fully saturated rings. The molecule has 24 heavy (non-hydrogen) atoms. The minimum absolute atomic E-state index is 0.0165. The molecule has 0 spiro atoms. The Labute approximate surface area is 145 Å². The summed E-state index contributed by atoms with van der Waals surface area (Å²) in [4.78, 5) is 0.200. The van der Waals surface area contributed by atoms with Gasteiger partial charge in [-0.15, -0.1) is 0 Å². The van der Waals surface area contributed by atoms with Crippen molar-refractivity contribution in [2.75, 3.05) is 19.3 Å². The second kappa shape index (κ2) is 7.95. The Kier molecular flexibility index (Phi) is 6.41. The summed E-state index contributed by atoms with van der Waals surface area (Å²) in [5.41, 5.74) is 0.859. The summed E-state index contributed by atoms with van der Waals surface area (Å²) in [5.74, 6) is 0. The lowest BCUT2D eigenvalue weighted by atomic mass is 9.95. The Hall–Kier alpha value is -0.960. The summed E-state index contributed by atoms with van der Waals surface area (Å²) >= 11 is 0. The van der Waals surface area contributed by atoms with Crippen molar-refractivity contribution in [1.29, 1.82) is 0 Å². The van der Waals surface area contributed by atoms with E-state index in [1.807, 2.05) is 13.0 Å². The molecule has 0 radical (unpaired) electrons. The Balaban J connectivity index is 2.02. The minimum Gasteiger partial charge on any atom is -0.212 e. The van der Waals surface area contributed by atoms with E-state index in [-0.39, 0.29) is 24.0 Å². The molecule has 1 aromatic rings. The predicted molar refractivity (Wildman–Crippen MR) is 94.8 cm³/mol. The highest BCUT2D eigenvalue weighted by molar-refractivity contribution is 7.89. The van der Waals surface area contributed by atoms with Gasteiger partial charge >= 0.3 is 0 Å². The first-order valence-electron chi connectivity index (χ1n) is 8.23. The highest BCUT2D eigenvalue weighted by Crippen LogP contribution is 2.24. The van der Waals surface area contributed by atoms with Crippen LogP contribution >= 0.6 is 0 Å². The van der Waals surface area contributed by atoms with E-state index in [0.29, 0.717) is 0 Å². The number of benzene rings is 1. The fourth-order valence-electron chi connectivity index (χ4n) is 3.14. The molecule has 0 saturated heterocycles. The molecule has 1 aliphatic rings. The zero-order chi connectivity index (χ0) is 17.8. The molecule has 8 heteroatoms. The maximum absolute atomic E-state index is 12.3. The summed E-state index contributed by atoms with van der Waals surface area (Å²) in [5, 5.41) is 0. The van der Waals surface area contributed by atoms with Crippen LogP contribution in [0.3, 0.4) is 0 Å². The monoisotopic (exact) mass is 374 g/mol. The van der Waals surface area contributed by atoms with Gasteiger partial charge in [-0.25, -0.2) is 21.6 Å². The normalized spacial score (nSPS) is 17.3. The van der Waals surface area contributed by atoms with Crippen LogP contribution in [0.5, 0.6) is 0 Å². The van der Waals surface area contributed by atoms with Gasteiger partial charge in [0.1, 0.15) is 0 Å². The lowest BCUT2D eigenvalue weighted by molar-refractivity contribution is 0.257. The van der Waals surface area contributed by atoms with Crippen LogP contribution in [0, 0.1) is 6.92 Å². The van der Waals surface area contributed by atoms with Crippen molar-refractivity contribution in [2.45, 2.75) is 50.0 Å². The molecule has 6 nitrogen and oxygen atoms in total. The molecule has 0 aliphatic heterocycles. The molecule has 0 amide bonds. The molecular weight excluding hydrogens is 348 g/mol. The van der Waals surface area contributed by atoms with E-state index in [0.717, 1.165) is 37.7 Å². The molecule has 2 rings (SSSR count). The summed E-state index contributed by atoms with van der Waals surface area (Å²) < 4.78 is 52.7. The van der Waals surface area contributed by atoms with E-state index in [9.17, 15) is 16.8 Å². The molecule has 1 saturated carbocycles. The smallest absolute Gasteiger partial charge is 0.212 e. The Morgan fingerprint density at radius 3 is 2.38 bits per heavy atom. The number of nitrogens with one attached hydrogen (secondary N) is 1. The van der Waals surface area contributed by atoms with Crippen LogP contribution in [0.4, 0.5) is 0 Å². The summed E-state index contributed by atoms with van der Waals surface area (Å²) in [6.07, 6.45) is 6.05. The van der Waals surface area contributed by atoms with Gasteiger partial charge in [-0.2, -0.15) is 4.31 Å². The van der Waals surface area contributed by atoms with Crippen LogP contribution in [0.2, 0.25) is 0 Å². The van der Waals surface area contributed by atoms with Gasteiger partial charge < -0.3 is 0 Å². The van der Waals surface area contributed by atoms with Crippen LogP contribution in [-0.2, 0) is 20.0 Å². The van der Waals surface area contributed by atoms with Crippen molar-refractivity contribution in [3.05, 3.63) is 29.8 Å². The molecule has 0 bridgehead atoms.